The molecule has 0 aromatic heterocycles. The topological polar surface area (TPSA) is 811 Å². The average Bonchev–Trinajstić information content (AvgIpc) is 0.769. The van der Waals surface area contributed by atoms with Crippen LogP contribution in [-0.4, -0.2) is 175 Å². The fourth-order valence-corrected chi connectivity index (χ4v) is 15.8. The van der Waals surface area contributed by atoms with E-state index in [1.807, 2.05) is 0 Å². The summed E-state index contributed by atoms with van der Waals surface area (Å²) in [4.78, 5) is 23.9. The summed E-state index contributed by atoms with van der Waals surface area (Å²) >= 11 is 0.648. The Morgan fingerprint density at radius 1 is 0.322 bits per heavy atom. The zero-order chi connectivity index (χ0) is 87.6. The molecule has 0 heterocycles. The molecule has 0 saturated carbocycles. The van der Waals surface area contributed by atoms with Gasteiger partial charge in [0.15, 0.2) is 39.3 Å². The van der Waals surface area contributed by atoms with Crippen molar-refractivity contribution in [1.29, 1.82) is 0 Å². The summed E-state index contributed by atoms with van der Waals surface area (Å²) in [6.07, 6.45) is 0. The fourth-order valence-electron chi connectivity index (χ4n) is 8.91. The summed E-state index contributed by atoms with van der Waals surface area (Å²) in [5, 5.41) is 79.8. The minimum absolute atomic E-state index is 0.0127. The molecule has 0 aliphatic carbocycles. The molecule has 632 valence electrons. The lowest BCUT2D eigenvalue weighted by Crippen LogP contribution is -2.15. The molecule has 0 saturated heterocycles. The van der Waals surface area contributed by atoms with E-state index in [4.69, 9.17) is 46.4 Å². The Kier molecular flexibility index (Phi) is 31.5. The second-order valence-corrected chi connectivity index (χ2v) is 37.2. The van der Waals surface area contributed by atoms with E-state index in [2.05, 4.69) is 87.5 Å². The van der Waals surface area contributed by atoms with Crippen LogP contribution in [-0.2, 0) is 117 Å². The summed E-state index contributed by atoms with van der Waals surface area (Å²) in [6.45, 7) is -3.53. The number of hydrogen-bond donors (Lipinski definition) is 12. The van der Waals surface area contributed by atoms with E-state index >= 15 is 0 Å². The molecule has 0 radical (unpaired) electrons. The number of carboxylic acid groups (broad SMARTS) is 2. The molecule has 0 amide bonds. The van der Waals surface area contributed by atoms with E-state index in [0.29, 0.717) is 16.9 Å². The number of aromatic carboxylic acids is 2. The number of carbonyl (C=O) groups is 2. The fraction of sp³-hybridized carbons (Fsp3) is 0.138. The predicted molar refractivity (Wildman–Crippen MR) is 407 cm³/mol. The van der Waals surface area contributed by atoms with E-state index in [1.54, 1.807) is 0 Å². The number of rotatable bonds is 38. The molecule has 0 aliphatic rings. The van der Waals surface area contributed by atoms with Crippen LogP contribution in [0.3, 0.4) is 0 Å². The second-order valence-electron chi connectivity index (χ2n) is 22.2. The first-order chi connectivity index (χ1) is 54.9. The summed E-state index contributed by atoms with van der Waals surface area (Å²) < 4.78 is 275. The van der Waals surface area contributed by atoms with E-state index in [0.717, 1.165) is 84.9 Å². The van der Waals surface area contributed by atoms with Crippen LogP contribution in [0.5, 0.6) is 0 Å². The molecule has 50 nitrogen and oxygen atoms in total. The number of nitrogen functional groups attached to an aromatic ring is 4. The summed E-state index contributed by atoms with van der Waals surface area (Å²) in [5.74, 6) is -6.74. The summed E-state index contributed by atoms with van der Waals surface area (Å²) in [5.41, 5.74) is 17.7. The monoisotopic (exact) mass is 1840 g/mol. The first kappa shape index (κ1) is 94.1. The van der Waals surface area contributed by atoms with Crippen molar-refractivity contribution in [3.63, 3.8) is 0 Å². The first-order valence-electron chi connectivity index (χ1n) is 31.0. The zero-order valence-electron chi connectivity index (χ0n) is 58.5. The van der Waals surface area contributed by atoms with Crippen molar-refractivity contribution in [1.82, 2.24) is 0 Å². The molecule has 0 aliphatic heterocycles. The van der Waals surface area contributed by atoms with Gasteiger partial charge in [0.1, 0.15) is 55.8 Å². The van der Waals surface area contributed by atoms with Crippen LogP contribution < -0.4 is 22.9 Å². The number of nitrogens with two attached hydrogens (primary N) is 4. The van der Waals surface area contributed by atoms with Gasteiger partial charge in [-0.3, -0.25) is 22.8 Å². The Morgan fingerprint density at radius 3 is 0.797 bits per heavy atom. The standard InChI is InChI=1S/2C29H28N8O17S5/c30-24-26(35-32-17-1-7-20(8-2-17)55-54-53-40)23(29(38)39)27(36-33-18-3-9-21(10-4-18)56(41,42)15-13-51-58(45,46)47)25(31)28(24)37-34-19-5-11-22(12-6-19)57(43,44)16-14-52-59(48,49)50;30-24-26(35-32-17-5-9-19(10-6-17)55(40,41)15-13-53-58(47,48)49)23(29(38)39)27(36-34-21-3-1-2-4-22(21)57(44,45)46)25(31)28(24)37-33-18-7-11-20(12-8-18)56(42,43)16-14-54-59(50,51)52/h1-12,40H,13-16,30-31H2,(H,38,39)(H,45,46,47)(H,48,49,50);1-12H,13-16,30-31H2,(H,38,39)(H,44,45,46)(H,47,48,49)(H,50,51,52). The van der Waals surface area contributed by atoms with Crippen molar-refractivity contribution in [3.05, 3.63) is 157 Å². The number of nitrogens with zero attached hydrogens (tertiary/aromatic N) is 12. The number of hydrogen-bond acceptors (Lipinski definition) is 44. The molecule has 0 spiro atoms. The first-order valence-corrected chi connectivity index (χ1v) is 45.2. The van der Waals surface area contributed by atoms with E-state index in [1.165, 1.54) is 60.7 Å². The van der Waals surface area contributed by atoms with Crippen molar-refractivity contribution in [2.75, 3.05) is 72.4 Å². The van der Waals surface area contributed by atoms with Crippen molar-refractivity contribution in [2.45, 2.75) is 29.4 Å². The normalized spacial score (nSPS) is 13.0. The van der Waals surface area contributed by atoms with Gasteiger partial charge in [-0.05, 0) is 133 Å². The SMILES string of the molecule is Nc1c(N=Nc2ccc(S(=O)(=O)CCOS(=O)(=O)O)cc2)c(N)c(N=Nc2ccc(S(=O)(=O)CCOS(=O)(=O)O)cc2)c(C(=O)O)c1N=Nc1ccc(SOOO)cc1.Nc1c(N=Nc2ccc(S(=O)(=O)CCOS(=O)(=O)O)cc2)c(N)c(N=Nc2ccccc2S(=O)(=O)O)c(C(=O)O)c1N=Nc1ccc(S(=O)(=O)CCOS(=O)(=O)O)cc1. The predicted octanol–water partition coefficient (Wildman–Crippen LogP) is 9.64. The zero-order valence-corrected chi connectivity index (χ0v) is 66.6. The lowest BCUT2D eigenvalue weighted by atomic mass is 10.1. The van der Waals surface area contributed by atoms with E-state index in [9.17, 15) is 100 Å². The Labute approximate surface area is 671 Å². The van der Waals surface area contributed by atoms with Crippen LogP contribution in [0, 0.1) is 0 Å². The second kappa shape index (κ2) is 39.4. The van der Waals surface area contributed by atoms with Crippen LogP contribution in [0.4, 0.5) is 91.0 Å². The van der Waals surface area contributed by atoms with Crippen LogP contribution in [0.1, 0.15) is 20.7 Å². The van der Waals surface area contributed by atoms with Gasteiger partial charge in [0.05, 0.1) is 132 Å². The largest absolute Gasteiger partial charge is 0.478 e. The molecule has 8 aromatic rings. The van der Waals surface area contributed by atoms with Gasteiger partial charge in [0, 0.05) is 4.90 Å². The minimum atomic E-state index is -4.90. The molecule has 16 N–H and O–H groups in total. The highest BCUT2D eigenvalue weighted by Crippen LogP contribution is 2.51. The van der Waals surface area contributed by atoms with Crippen LogP contribution in [0.25, 0.3) is 0 Å². The number of sulfone groups is 4. The third-order valence-electron chi connectivity index (χ3n) is 14.3. The van der Waals surface area contributed by atoms with Gasteiger partial charge in [-0.25, -0.2) is 65.2 Å². The van der Waals surface area contributed by atoms with Gasteiger partial charge in [-0.15, -0.1) is 40.1 Å². The van der Waals surface area contributed by atoms with Crippen molar-refractivity contribution < 1.29 is 150 Å². The molecule has 0 bridgehead atoms. The quantitative estimate of drug-likeness (QED) is 0.00427. The van der Waals surface area contributed by atoms with Crippen LogP contribution in [0.2, 0.25) is 0 Å². The maximum Gasteiger partial charge on any atom is 0.397 e. The Bertz CT molecular complexity index is 6420. The van der Waals surface area contributed by atoms with Gasteiger partial charge >= 0.3 is 53.5 Å². The maximum atomic E-state index is 12.7. The van der Waals surface area contributed by atoms with E-state index in [-0.39, 0.29) is 48.0 Å². The smallest absolute Gasteiger partial charge is 0.397 e. The summed E-state index contributed by atoms with van der Waals surface area (Å²) in [6, 6.07) is 28.3. The lowest BCUT2D eigenvalue weighted by Gasteiger charge is -2.13. The van der Waals surface area contributed by atoms with Gasteiger partial charge in [-0.2, -0.15) is 67.7 Å². The Balaban J connectivity index is 0.000000326. The van der Waals surface area contributed by atoms with Crippen molar-refractivity contribution >= 4 is 206 Å². The molecular formula is C58H56N16O34S10. The van der Waals surface area contributed by atoms with Gasteiger partial charge in [-0.1, -0.05) is 17.2 Å². The van der Waals surface area contributed by atoms with Crippen LogP contribution >= 0.6 is 12.0 Å². The molecule has 8 aromatic carbocycles. The molecule has 0 atom stereocenters. The minimum Gasteiger partial charge on any atom is -0.478 e. The highest BCUT2D eigenvalue weighted by Gasteiger charge is 2.30. The Hall–Kier alpha value is -11.1. The molecule has 60 heteroatoms. The third kappa shape index (κ3) is 27.8. The highest BCUT2D eigenvalue weighted by atomic mass is 32.3. The maximum absolute atomic E-state index is 12.7. The number of azo groups is 6. The molecule has 0 unspecified atom stereocenters. The van der Waals surface area contributed by atoms with Crippen molar-refractivity contribution in [3.8, 4) is 0 Å². The van der Waals surface area contributed by atoms with Crippen molar-refractivity contribution in [2.24, 2.45) is 61.4 Å². The van der Waals surface area contributed by atoms with Gasteiger partial charge in [0.25, 0.3) is 10.1 Å². The number of carboxylic acids is 2. The van der Waals surface area contributed by atoms with Gasteiger partial charge in [0.2, 0.25) is 0 Å². The molecule has 8 rings (SSSR count). The molecular weight excluding hydrogens is 1790 g/mol. The third-order valence-corrected chi connectivity index (χ3v) is 24.4. The summed E-state index contributed by atoms with van der Waals surface area (Å²) in [7, 11) is -40.9. The molecule has 0 fully saturated rings. The van der Waals surface area contributed by atoms with Crippen LogP contribution in [0.15, 0.2) is 236 Å². The van der Waals surface area contributed by atoms with E-state index < -0.39 is 231 Å². The average molecular weight is 1840 g/mol. The highest BCUT2D eigenvalue weighted by molar-refractivity contribution is 7.94. The number of anilines is 4. The lowest BCUT2D eigenvalue weighted by molar-refractivity contribution is -0.432. The number of benzene rings is 8. The van der Waals surface area contributed by atoms with Gasteiger partial charge < -0.3 is 33.1 Å². The molecule has 118 heavy (non-hydrogen) atoms. The Morgan fingerprint density at radius 2 is 0.559 bits per heavy atom.